The molecule has 4 bridgehead atoms. The second kappa shape index (κ2) is 8.40. The number of fused-ring (bicyclic) bond motifs is 1. The number of anilines is 1. The predicted molar refractivity (Wildman–Crippen MR) is 123 cm³/mol. The number of hydrogen-bond acceptors (Lipinski definition) is 5. The summed E-state index contributed by atoms with van der Waals surface area (Å²) >= 11 is 0. The van der Waals surface area contributed by atoms with Crippen LogP contribution in [-0.2, 0) is 4.79 Å². The van der Waals surface area contributed by atoms with Crippen molar-refractivity contribution in [1.82, 2.24) is 10.3 Å². The van der Waals surface area contributed by atoms with Crippen molar-refractivity contribution in [2.75, 3.05) is 31.6 Å². The molecule has 0 radical (unpaired) electrons. The van der Waals surface area contributed by atoms with Crippen molar-refractivity contribution in [2.24, 2.45) is 28.9 Å². The van der Waals surface area contributed by atoms with E-state index in [0.717, 1.165) is 72.4 Å². The maximum atomic E-state index is 12.9. The molecular weight excluding hydrogens is 388 g/mol. The molecule has 1 aromatic carbocycles. The molecule has 5 N–H and O–H groups in total. The van der Waals surface area contributed by atoms with Crippen LogP contribution in [0.1, 0.15) is 50.0 Å². The molecule has 0 spiro atoms. The Morgan fingerprint density at radius 1 is 1.06 bits per heavy atom. The van der Waals surface area contributed by atoms with E-state index in [9.17, 15) is 4.79 Å². The SMILES string of the molecule is NC(=O)C(c1cccc2nc(NCCNCCO)ccc12)C12CC3CC(CC(C3)C1)C2. The van der Waals surface area contributed by atoms with Crippen LogP contribution in [0.3, 0.4) is 0 Å². The highest BCUT2D eigenvalue weighted by molar-refractivity contribution is 5.92. The molecule has 166 valence electrons. The lowest BCUT2D eigenvalue weighted by molar-refractivity contribution is -0.130. The molecule has 4 saturated carbocycles. The number of benzene rings is 1. The lowest BCUT2D eigenvalue weighted by Gasteiger charge is -2.59. The Balaban J connectivity index is 1.43. The van der Waals surface area contributed by atoms with Crippen molar-refractivity contribution < 1.29 is 9.90 Å². The lowest BCUT2D eigenvalue weighted by atomic mass is 9.45. The molecule has 1 atom stereocenters. The zero-order valence-corrected chi connectivity index (χ0v) is 18.1. The van der Waals surface area contributed by atoms with E-state index in [4.69, 9.17) is 15.8 Å². The first-order chi connectivity index (χ1) is 15.1. The Bertz CT molecular complexity index is 924. The van der Waals surface area contributed by atoms with Gasteiger partial charge in [0.15, 0.2) is 0 Å². The third-order valence-electron chi connectivity index (χ3n) is 7.96. The van der Waals surface area contributed by atoms with Crippen LogP contribution in [0.5, 0.6) is 0 Å². The largest absolute Gasteiger partial charge is 0.395 e. The number of carbonyl (C=O) groups excluding carboxylic acids is 1. The smallest absolute Gasteiger partial charge is 0.225 e. The minimum absolute atomic E-state index is 0.0319. The summed E-state index contributed by atoms with van der Waals surface area (Å²) in [6.07, 6.45) is 7.50. The van der Waals surface area contributed by atoms with Gasteiger partial charge in [0.1, 0.15) is 5.82 Å². The molecule has 0 saturated heterocycles. The second-order valence-electron chi connectivity index (χ2n) is 10.1. The first-order valence-electron chi connectivity index (χ1n) is 11.8. The average molecular weight is 423 g/mol. The van der Waals surface area contributed by atoms with Crippen LogP contribution in [0, 0.1) is 23.2 Å². The number of nitrogens with two attached hydrogens (primary N) is 1. The highest BCUT2D eigenvalue weighted by atomic mass is 16.3. The summed E-state index contributed by atoms with van der Waals surface area (Å²) in [4.78, 5) is 17.7. The lowest BCUT2D eigenvalue weighted by Crippen LogP contribution is -2.51. The van der Waals surface area contributed by atoms with Gasteiger partial charge in [-0.25, -0.2) is 4.98 Å². The average Bonchev–Trinajstić information content (AvgIpc) is 2.72. The van der Waals surface area contributed by atoms with Gasteiger partial charge >= 0.3 is 0 Å². The van der Waals surface area contributed by atoms with Crippen molar-refractivity contribution in [1.29, 1.82) is 0 Å². The summed E-state index contributed by atoms with van der Waals surface area (Å²) in [5.41, 5.74) is 8.12. The van der Waals surface area contributed by atoms with Gasteiger partial charge in [0.2, 0.25) is 5.91 Å². The van der Waals surface area contributed by atoms with Crippen molar-refractivity contribution in [3.63, 3.8) is 0 Å². The van der Waals surface area contributed by atoms with Crippen LogP contribution in [0.25, 0.3) is 10.9 Å². The number of pyridine rings is 1. The molecule has 1 unspecified atom stereocenters. The summed E-state index contributed by atoms with van der Waals surface area (Å²) in [5, 5.41) is 16.4. The van der Waals surface area contributed by atoms with E-state index in [1.165, 1.54) is 19.3 Å². The number of carbonyl (C=O) groups is 1. The van der Waals surface area contributed by atoms with E-state index in [1.54, 1.807) is 0 Å². The molecule has 6 nitrogen and oxygen atoms in total. The second-order valence-corrected chi connectivity index (χ2v) is 10.1. The molecule has 31 heavy (non-hydrogen) atoms. The molecule has 1 heterocycles. The highest BCUT2D eigenvalue weighted by Gasteiger charge is 2.56. The normalized spacial score (nSPS) is 29.9. The number of aliphatic hydroxyl groups is 1. The molecule has 4 aliphatic rings. The number of nitrogens with zero attached hydrogens (tertiary/aromatic N) is 1. The maximum absolute atomic E-state index is 12.9. The zero-order valence-electron chi connectivity index (χ0n) is 18.1. The van der Waals surface area contributed by atoms with Gasteiger partial charge < -0.3 is 21.5 Å². The van der Waals surface area contributed by atoms with Gasteiger partial charge in [0.25, 0.3) is 0 Å². The van der Waals surface area contributed by atoms with Crippen LogP contribution < -0.4 is 16.4 Å². The minimum atomic E-state index is -0.229. The van der Waals surface area contributed by atoms with E-state index >= 15 is 0 Å². The van der Waals surface area contributed by atoms with Gasteiger partial charge in [0, 0.05) is 25.0 Å². The molecule has 6 heteroatoms. The third-order valence-corrected chi connectivity index (χ3v) is 7.96. The summed E-state index contributed by atoms with van der Waals surface area (Å²) < 4.78 is 0. The number of nitrogens with one attached hydrogen (secondary N) is 2. The van der Waals surface area contributed by atoms with E-state index < -0.39 is 0 Å². The van der Waals surface area contributed by atoms with Gasteiger partial charge in [-0.2, -0.15) is 0 Å². The standard InChI is InChI=1S/C25H34N4O2/c26-24(31)23(25-13-16-10-17(14-25)12-18(11-16)15-25)20-2-1-3-21-19(20)4-5-22(29-21)28-7-6-27-8-9-30/h1-5,16-18,23,27,30H,6-15H2,(H2,26,31)(H,28,29). The molecule has 0 aliphatic heterocycles. The molecule has 4 fully saturated rings. The molecule has 4 aliphatic carbocycles. The zero-order chi connectivity index (χ0) is 21.4. The van der Waals surface area contributed by atoms with E-state index in [-0.39, 0.29) is 23.8 Å². The number of aliphatic hydroxyl groups excluding tert-OH is 1. The third kappa shape index (κ3) is 3.92. The monoisotopic (exact) mass is 422 g/mol. The molecular formula is C25H34N4O2. The summed E-state index contributed by atoms with van der Waals surface area (Å²) in [6.45, 7) is 2.22. The van der Waals surface area contributed by atoms with Gasteiger partial charge in [-0.3, -0.25) is 4.79 Å². The quantitative estimate of drug-likeness (QED) is 0.466. The van der Waals surface area contributed by atoms with Crippen molar-refractivity contribution in [2.45, 2.75) is 44.4 Å². The summed E-state index contributed by atoms with van der Waals surface area (Å²) in [5.74, 6) is 2.74. The fraction of sp³-hybridized carbons (Fsp3) is 0.600. The van der Waals surface area contributed by atoms with Crippen LogP contribution in [0.4, 0.5) is 5.82 Å². The van der Waals surface area contributed by atoms with Crippen LogP contribution in [0.15, 0.2) is 30.3 Å². The Kier molecular flexibility index (Phi) is 5.61. The predicted octanol–water partition coefficient (Wildman–Crippen LogP) is 3.01. The maximum Gasteiger partial charge on any atom is 0.225 e. The van der Waals surface area contributed by atoms with E-state index in [2.05, 4.69) is 22.8 Å². The summed E-state index contributed by atoms with van der Waals surface area (Å²) in [6, 6.07) is 10.2. The van der Waals surface area contributed by atoms with Crippen LogP contribution in [0.2, 0.25) is 0 Å². The van der Waals surface area contributed by atoms with Crippen molar-refractivity contribution in [3.8, 4) is 0 Å². The first kappa shape index (κ1) is 20.7. The first-order valence-corrected chi connectivity index (χ1v) is 11.8. The Hall–Kier alpha value is -2.18. The summed E-state index contributed by atoms with van der Waals surface area (Å²) in [7, 11) is 0. The number of hydrogen-bond donors (Lipinski definition) is 4. The molecule has 6 rings (SSSR count). The number of aromatic nitrogens is 1. The minimum Gasteiger partial charge on any atom is -0.395 e. The van der Waals surface area contributed by atoms with Gasteiger partial charge in [-0.1, -0.05) is 12.1 Å². The highest BCUT2D eigenvalue weighted by Crippen LogP contribution is 2.64. The van der Waals surface area contributed by atoms with Gasteiger partial charge in [-0.15, -0.1) is 0 Å². The molecule has 1 amide bonds. The molecule has 2 aromatic rings. The number of amides is 1. The van der Waals surface area contributed by atoms with E-state index in [1.807, 2.05) is 18.2 Å². The molecule has 1 aromatic heterocycles. The Morgan fingerprint density at radius 3 is 2.42 bits per heavy atom. The van der Waals surface area contributed by atoms with Gasteiger partial charge in [0.05, 0.1) is 18.0 Å². The van der Waals surface area contributed by atoms with Crippen LogP contribution >= 0.6 is 0 Å². The van der Waals surface area contributed by atoms with Gasteiger partial charge in [-0.05, 0) is 85.5 Å². The fourth-order valence-electron chi connectivity index (χ4n) is 7.33. The van der Waals surface area contributed by atoms with E-state index in [0.29, 0.717) is 6.54 Å². The number of rotatable bonds is 9. The van der Waals surface area contributed by atoms with Crippen molar-refractivity contribution >= 4 is 22.6 Å². The topological polar surface area (TPSA) is 100 Å². The van der Waals surface area contributed by atoms with Crippen molar-refractivity contribution in [3.05, 3.63) is 35.9 Å². The van der Waals surface area contributed by atoms with Crippen LogP contribution in [-0.4, -0.2) is 42.2 Å². The Morgan fingerprint density at radius 2 is 1.77 bits per heavy atom. The number of primary amides is 1. The fourth-order valence-corrected chi connectivity index (χ4v) is 7.33. The Labute approximate surface area is 184 Å².